The Bertz CT molecular complexity index is 463. The van der Waals surface area contributed by atoms with E-state index in [1.54, 1.807) is 6.20 Å². The van der Waals surface area contributed by atoms with Crippen LogP contribution >= 0.6 is 0 Å². The number of aliphatic carboxylic acids is 1. The van der Waals surface area contributed by atoms with Gasteiger partial charge >= 0.3 is 5.97 Å². The normalized spacial score (nSPS) is 30.1. The van der Waals surface area contributed by atoms with Gasteiger partial charge in [-0.15, -0.1) is 0 Å². The van der Waals surface area contributed by atoms with E-state index in [4.69, 9.17) is 0 Å². The number of aromatic nitrogens is 1. The van der Waals surface area contributed by atoms with Crippen molar-refractivity contribution >= 4 is 5.97 Å². The molecule has 1 saturated heterocycles. The van der Waals surface area contributed by atoms with Gasteiger partial charge in [-0.05, 0) is 43.2 Å². The van der Waals surface area contributed by atoms with Crippen LogP contribution in [0.1, 0.15) is 37.7 Å². The highest BCUT2D eigenvalue weighted by molar-refractivity contribution is 5.74. The van der Waals surface area contributed by atoms with Gasteiger partial charge in [0.25, 0.3) is 0 Å². The summed E-state index contributed by atoms with van der Waals surface area (Å²) < 4.78 is 0. The lowest BCUT2D eigenvalue weighted by Gasteiger charge is -2.32. The topological polar surface area (TPSA) is 53.4 Å². The zero-order valence-corrected chi connectivity index (χ0v) is 11.7. The minimum atomic E-state index is -0.648. The summed E-state index contributed by atoms with van der Waals surface area (Å²) in [6.07, 6.45) is 10.3. The zero-order valence-electron chi connectivity index (χ0n) is 11.7. The van der Waals surface area contributed by atoms with E-state index in [0.717, 1.165) is 19.4 Å². The highest BCUT2D eigenvalue weighted by Gasteiger charge is 2.44. The molecule has 1 aliphatic heterocycles. The largest absolute Gasteiger partial charge is 0.480 e. The third kappa shape index (κ3) is 2.70. The summed E-state index contributed by atoms with van der Waals surface area (Å²) in [5.74, 6) is -0.0515. The first-order valence-corrected chi connectivity index (χ1v) is 7.63. The molecule has 3 rings (SSSR count). The van der Waals surface area contributed by atoms with E-state index >= 15 is 0 Å². The van der Waals surface area contributed by atoms with Gasteiger partial charge in [0.15, 0.2) is 0 Å². The molecule has 0 aromatic carbocycles. The number of likely N-dealkylation sites (tertiary alicyclic amines) is 1. The van der Waals surface area contributed by atoms with Crippen LogP contribution in [0.3, 0.4) is 0 Å². The second-order valence-corrected chi connectivity index (χ2v) is 6.05. The van der Waals surface area contributed by atoms with Crippen LogP contribution in [-0.2, 0) is 11.2 Å². The van der Waals surface area contributed by atoms with Gasteiger partial charge in [-0.3, -0.25) is 14.7 Å². The number of pyridine rings is 1. The molecule has 3 atom stereocenters. The number of nitrogens with zero attached hydrogens (tertiary/aromatic N) is 2. The lowest BCUT2D eigenvalue weighted by molar-refractivity contribution is -0.142. The minimum absolute atomic E-state index is 0.278. The first-order chi connectivity index (χ1) is 9.75. The Morgan fingerprint density at radius 3 is 3.00 bits per heavy atom. The third-order valence-corrected chi connectivity index (χ3v) is 4.89. The molecule has 0 bridgehead atoms. The van der Waals surface area contributed by atoms with Crippen molar-refractivity contribution in [3.63, 3.8) is 0 Å². The van der Waals surface area contributed by atoms with Crippen LogP contribution in [0, 0.1) is 5.92 Å². The Labute approximate surface area is 119 Å². The molecule has 1 aromatic rings. The fourth-order valence-corrected chi connectivity index (χ4v) is 3.92. The molecular weight excluding hydrogens is 252 g/mol. The van der Waals surface area contributed by atoms with Crippen LogP contribution < -0.4 is 0 Å². The van der Waals surface area contributed by atoms with Crippen LogP contribution in [0.4, 0.5) is 0 Å². The predicted molar refractivity (Wildman–Crippen MR) is 76.4 cm³/mol. The van der Waals surface area contributed by atoms with Crippen molar-refractivity contribution in [1.82, 2.24) is 9.88 Å². The van der Waals surface area contributed by atoms with Gasteiger partial charge in [0, 0.05) is 25.0 Å². The average molecular weight is 274 g/mol. The minimum Gasteiger partial charge on any atom is -0.480 e. The van der Waals surface area contributed by atoms with Crippen LogP contribution in [-0.4, -0.2) is 39.6 Å². The fourth-order valence-electron chi connectivity index (χ4n) is 3.92. The molecular formula is C16H22N2O2. The summed E-state index contributed by atoms with van der Waals surface area (Å²) in [4.78, 5) is 17.9. The first kappa shape index (κ1) is 13.6. The molecule has 1 aliphatic carbocycles. The standard InChI is InChI=1S/C16H22N2O2/c19-16(20)15-10-13-5-1-2-6-14(13)18(15)9-7-12-4-3-8-17-11-12/h3-4,8,11,13-15H,1-2,5-7,9-10H2,(H,19,20). The Morgan fingerprint density at radius 2 is 2.25 bits per heavy atom. The van der Waals surface area contributed by atoms with Gasteiger partial charge < -0.3 is 5.11 Å². The number of hydrogen-bond acceptors (Lipinski definition) is 3. The van der Waals surface area contributed by atoms with Crippen molar-refractivity contribution in [3.8, 4) is 0 Å². The van der Waals surface area contributed by atoms with Crippen molar-refractivity contribution in [2.24, 2.45) is 5.92 Å². The van der Waals surface area contributed by atoms with Crippen LogP contribution in [0.5, 0.6) is 0 Å². The number of carboxylic acid groups (broad SMARTS) is 1. The number of carboxylic acids is 1. The molecule has 2 fully saturated rings. The molecule has 4 nitrogen and oxygen atoms in total. The van der Waals surface area contributed by atoms with E-state index in [2.05, 4.69) is 16.0 Å². The highest BCUT2D eigenvalue weighted by Crippen LogP contribution is 2.39. The Hall–Kier alpha value is -1.42. The summed E-state index contributed by atoms with van der Waals surface area (Å²) in [7, 11) is 0. The summed E-state index contributed by atoms with van der Waals surface area (Å²) >= 11 is 0. The fraction of sp³-hybridized carbons (Fsp3) is 0.625. The number of carbonyl (C=O) groups is 1. The monoisotopic (exact) mass is 274 g/mol. The maximum Gasteiger partial charge on any atom is 0.320 e. The summed E-state index contributed by atoms with van der Waals surface area (Å²) in [5, 5.41) is 9.47. The molecule has 0 amide bonds. The van der Waals surface area contributed by atoms with E-state index in [9.17, 15) is 9.90 Å². The molecule has 2 aliphatic rings. The number of hydrogen-bond donors (Lipinski definition) is 1. The maximum absolute atomic E-state index is 11.5. The van der Waals surface area contributed by atoms with E-state index in [1.165, 1.54) is 31.2 Å². The first-order valence-electron chi connectivity index (χ1n) is 7.63. The lowest BCUT2D eigenvalue weighted by Crippen LogP contribution is -2.43. The Balaban J connectivity index is 1.69. The van der Waals surface area contributed by atoms with E-state index in [0.29, 0.717) is 12.0 Å². The van der Waals surface area contributed by atoms with Crippen LogP contribution in [0.2, 0.25) is 0 Å². The molecule has 1 aromatic heterocycles. The van der Waals surface area contributed by atoms with E-state index in [1.807, 2.05) is 12.3 Å². The summed E-state index contributed by atoms with van der Waals surface area (Å²) in [6, 6.07) is 4.22. The van der Waals surface area contributed by atoms with Crippen molar-refractivity contribution in [2.45, 2.75) is 50.6 Å². The van der Waals surface area contributed by atoms with Crippen molar-refractivity contribution in [3.05, 3.63) is 30.1 Å². The molecule has 20 heavy (non-hydrogen) atoms. The number of rotatable bonds is 4. The molecule has 108 valence electrons. The molecule has 4 heteroatoms. The van der Waals surface area contributed by atoms with Gasteiger partial charge in [-0.2, -0.15) is 0 Å². The van der Waals surface area contributed by atoms with Crippen molar-refractivity contribution in [2.75, 3.05) is 6.54 Å². The second kappa shape index (κ2) is 5.92. The molecule has 3 unspecified atom stereocenters. The quantitative estimate of drug-likeness (QED) is 0.915. The van der Waals surface area contributed by atoms with Crippen molar-refractivity contribution in [1.29, 1.82) is 0 Å². The van der Waals surface area contributed by atoms with Crippen LogP contribution in [0.25, 0.3) is 0 Å². The molecule has 2 heterocycles. The predicted octanol–water partition coefficient (Wildman–Crippen LogP) is 2.34. The Kier molecular flexibility index (Phi) is 4.01. The smallest absolute Gasteiger partial charge is 0.320 e. The van der Waals surface area contributed by atoms with E-state index < -0.39 is 5.97 Å². The molecule has 1 saturated carbocycles. The molecule has 0 radical (unpaired) electrons. The summed E-state index contributed by atoms with van der Waals surface area (Å²) in [5.41, 5.74) is 1.19. The van der Waals surface area contributed by atoms with Gasteiger partial charge in [0.05, 0.1) is 0 Å². The third-order valence-electron chi connectivity index (χ3n) is 4.89. The van der Waals surface area contributed by atoms with Gasteiger partial charge in [-0.1, -0.05) is 18.9 Å². The molecule has 0 spiro atoms. The van der Waals surface area contributed by atoms with Crippen molar-refractivity contribution < 1.29 is 9.90 Å². The summed E-state index contributed by atoms with van der Waals surface area (Å²) in [6.45, 7) is 0.837. The lowest BCUT2D eigenvalue weighted by atomic mass is 9.84. The molecule has 1 N–H and O–H groups in total. The second-order valence-electron chi connectivity index (χ2n) is 6.05. The van der Waals surface area contributed by atoms with E-state index in [-0.39, 0.29) is 6.04 Å². The van der Waals surface area contributed by atoms with Gasteiger partial charge in [0.2, 0.25) is 0 Å². The van der Waals surface area contributed by atoms with Gasteiger partial charge in [-0.25, -0.2) is 0 Å². The highest BCUT2D eigenvalue weighted by atomic mass is 16.4. The van der Waals surface area contributed by atoms with Gasteiger partial charge in [0.1, 0.15) is 6.04 Å². The SMILES string of the molecule is O=C(O)C1CC2CCCCC2N1CCc1cccnc1. The number of fused-ring (bicyclic) bond motifs is 1. The Morgan fingerprint density at radius 1 is 1.40 bits per heavy atom. The maximum atomic E-state index is 11.5. The van der Waals surface area contributed by atoms with Crippen LogP contribution in [0.15, 0.2) is 24.5 Å². The average Bonchev–Trinajstić information content (AvgIpc) is 2.85. The zero-order chi connectivity index (χ0) is 13.9.